The van der Waals surface area contributed by atoms with Crippen LogP contribution in [-0.2, 0) is 19.1 Å². The van der Waals surface area contributed by atoms with E-state index >= 15 is 0 Å². The average molecular weight is 334 g/mol. The average Bonchev–Trinajstić information content (AvgIpc) is 2.28. The summed E-state index contributed by atoms with van der Waals surface area (Å²) < 4.78 is 8.00. The molecule has 0 amide bonds. The Morgan fingerprint density at radius 3 is 2.05 bits per heavy atom. The molecule has 0 aliphatic carbocycles. The number of ether oxygens (including phenoxy) is 2. The number of halogens is 3. The first kappa shape index (κ1) is 18.8. The van der Waals surface area contributed by atoms with Crippen molar-refractivity contribution in [2.75, 3.05) is 13.2 Å². The SMILES string of the molecule is CC(C)CCCOC(=O)CCC(=O)OCC(Cl)(Cl)Cl. The zero-order valence-corrected chi connectivity index (χ0v) is 13.4. The number of esters is 2. The van der Waals surface area contributed by atoms with E-state index in [0.29, 0.717) is 12.5 Å². The molecule has 0 unspecified atom stereocenters. The first-order valence-electron chi connectivity index (χ1n) is 6.08. The Hall–Kier alpha value is -0.190. The van der Waals surface area contributed by atoms with Gasteiger partial charge < -0.3 is 9.47 Å². The van der Waals surface area contributed by atoms with Gasteiger partial charge in [0.2, 0.25) is 3.79 Å². The Bertz CT molecular complexity index is 287. The molecule has 0 aromatic heterocycles. The summed E-state index contributed by atoms with van der Waals surface area (Å²) in [6, 6.07) is 0. The lowest BCUT2D eigenvalue weighted by Crippen LogP contribution is -2.18. The fourth-order valence-electron chi connectivity index (χ4n) is 1.19. The van der Waals surface area contributed by atoms with Crippen molar-refractivity contribution in [3.05, 3.63) is 0 Å². The molecule has 0 fully saturated rings. The maximum absolute atomic E-state index is 11.3. The van der Waals surface area contributed by atoms with E-state index in [-0.39, 0.29) is 19.4 Å². The molecule has 0 spiro atoms. The molecule has 0 atom stereocenters. The fourth-order valence-corrected chi connectivity index (χ4v) is 1.35. The molecule has 0 heterocycles. The predicted octanol–water partition coefficient (Wildman–Crippen LogP) is 3.66. The molecule has 0 aromatic rings. The molecule has 0 N–H and O–H groups in total. The Labute approximate surface area is 128 Å². The van der Waals surface area contributed by atoms with E-state index in [1.54, 1.807) is 0 Å². The van der Waals surface area contributed by atoms with Gasteiger partial charge in [-0.3, -0.25) is 9.59 Å². The van der Waals surface area contributed by atoms with Crippen molar-refractivity contribution in [2.45, 2.75) is 43.3 Å². The summed E-state index contributed by atoms with van der Waals surface area (Å²) in [5.41, 5.74) is 0. The topological polar surface area (TPSA) is 52.6 Å². The van der Waals surface area contributed by atoms with Crippen LogP contribution in [0, 0.1) is 5.92 Å². The van der Waals surface area contributed by atoms with Crippen LogP contribution in [0.15, 0.2) is 0 Å². The third kappa shape index (κ3) is 14.0. The maximum atomic E-state index is 11.3. The van der Waals surface area contributed by atoms with E-state index in [1.807, 2.05) is 0 Å². The van der Waals surface area contributed by atoms with Crippen LogP contribution in [0.25, 0.3) is 0 Å². The van der Waals surface area contributed by atoms with Gasteiger partial charge >= 0.3 is 11.9 Å². The molecule has 4 nitrogen and oxygen atoms in total. The molecule has 0 aromatic carbocycles. The van der Waals surface area contributed by atoms with E-state index in [1.165, 1.54) is 0 Å². The monoisotopic (exact) mass is 332 g/mol. The number of carbonyl (C=O) groups excluding carboxylic acids is 2. The normalized spacial score (nSPS) is 11.5. The van der Waals surface area contributed by atoms with Gasteiger partial charge in [-0.25, -0.2) is 0 Å². The van der Waals surface area contributed by atoms with Gasteiger partial charge in [0, 0.05) is 0 Å². The van der Waals surface area contributed by atoms with Gasteiger partial charge in [-0.2, -0.15) is 0 Å². The van der Waals surface area contributed by atoms with Crippen molar-refractivity contribution in [2.24, 2.45) is 5.92 Å². The molecule has 19 heavy (non-hydrogen) atoms. The van der Waals surface area contributed by atoms with E-state index in [4.69, 9.17) is 39.5 Å². The summed E-state index contributed by atoms with van der Waals surface area (Å²) in [6.07, 6.45) is 1.71. The minimum Gasteiger partial charge on any atom is -0.466 e. The zero-order valence-electron chi connectivity index (χ0n) is 11.1. The lowest BCUT2D eigenvalue weighted by atomic mass is 10.1. The van der Waals surface area contributed by atoms with Gasteiger partial charge in [-0.1, -0.05) is 48.7 Å². The maximum Gasteiger partial charge on any atom is 0.306 e. The quantitative estimate of drug-likeness (QED) is 0.386. The molecular weight excluding hydrogens is 314 g/mol. The van der Waals surface area contributed by atoms with E-state index in [9.17, 15) is 9.59 Å². The van der Waals surface area contributed by atoms with E-state index < -0.39 is 15.7 Å². The van der Waals surface area contributed by atoms with Crippen molar-refractivity contribution in [3.63, 3.8) is 0 Å². The van der Waals surface area contributed by atoms with Gasteiger partial charge in [0.05, 0.1) is 19.4 Å². The first-order valence-corrected chi connectivity index (χ1v) is 7.22. The second-order valence-electron chi connectivity index (χ2n) is 4.53. The Morgan fingerprint density at radius 1 is 1.05 bits per heavy atom. The first-order chi connectivity index (χ1) is 8.70. The third-order valence-electron chi connectivity index (χ3n) is 2.12. The van der Waals surface area contributed by atoms with Crippen molar-refractivity contribution in [3.8, 4) is 0 Å². The highest BCUT2D eigenvalue weighted by Gasteiger charge is 2.22. The summed E-state index contributed by atoms with van der Waals surface area (Å²) in [4.78, 5) is 22.5. The Morgan fingerprint density at radius 2 is 1.58 bits per heavy atom. The van der Waals surface area contributed by atoms with Gasteiger partial charge in [0.25, 0.3) is 0 Å². The van der Waals surface area contributed by atoms with Crippen molar-refractivity contribution >= 4 is 46.7 Å². The molecule has 0 saturated carbocycles. The van der Waals surface area contributed by atoms with E-state index in [0.717, 1.165) is 12.8 Å². The lowest BCUT2D eigenvalue weighted by Gasteiger charge is -2.11. The largest absolute Gasteiger partial charge is 0.466 e. The van der Waals surface area contributed by atoms with Gasteiger partial charge in [-0.05, 0) is 18.8 Å². The number of alkyl halides is 3. The van der Waals surface area contributed by atoms with Crippen molar-refractivity contribution in [1.82, 2.24) is 0 Å². The Kier molecular flexibility index (Phi) is 9.58. The van der Waals surface area contributed by atoms with Gasteiger partial charge in [0.15, 0.2) is 0 Å². The number of hydrogen-bond donors (Lipinski definition) is 0. The van der Waals surface area contributed by atoms with Crippen LogP contribution in [-0.4, -0.2) is 28.9 Å². The minimum absolute atomic E-state index is 0.0274. The van der Waals surface area contributed by atoms with Crippen LogP contribution in [0.5, 0.6) is 0 Å². The summed E-state index contributed by atoms with van der Waals surface area (Å²) in [7, 11) is 0. The zero-order chi connectivity index (χ0) is 14.9. The molecule has 0 aliphatic heterocycles. The standard InChI is InChI=1S/C12H19Cl3O4/c1-9(2)4-3-7-18-10(16)5-6-11(17)19-8-12(13,14)15/h9H,3-8H2,1-2H3. The second kappa shape index (κ2) is 9.67. The van der Waals surface area contributed by atoms with Crippen LogP contribution in [0.3, 0.4) is 0 Å². The summed E-state index contributed by atoms with van der Waals surface area (Å²) in [6.45, 7) is 4.24. The summed E-state index contributed by atoms with van der Waals surface area (Å²) in [5.74, 6) is -0.435. The number of carbonyl (C=O) groups is 2. The molecule has 0 aliphatic rings. The van der Waals surface area contributed by atoms with Crippen LogP contribution in [0.2, 0.25) is 0 Å². The molecule has 0 bridgehead atoms. The summed E-state index contributed by atoms with van der Waals surface area (Å²) in [5, 5.41) is 0. The van der Waals surface area contributed by atoms with Gasteiger partial charge in [-0.15, -0.1) is 0 Å². The number of rotatable bonds is 8. The van der Waals surface area contributed by atoms with Gasteiger partial charge in [0.1, 0.15) is 6.61 Å². The third-order valence-corrected chi connectivity index (χ3v) is 2.45. The highest BCUT2D eigenvalue weighted by molar-refractivity contribution is 6.67. The smallest absolute Gasteiger partial charge is 0.306 e. The van der Waals surface area contributed by atoms with Crippen LogP contribution < -0.4 is 0 Å². The Balaban J connectivity index is 3.59. The summed E-state index contributed by atoms with van der Waals surface area (Å²) >= 11 is 16.2. The molecule has 112 valence electrons. The lowest BCUT2D eigenvalue weighted by molar-refractivity contribution is -0.150. The van der Waals surface area contributed by atoms with Crippen molar-refractivity contribution < 1.29 is 19.1 Å². The highest BCUT2D eigenvalue weighted by atomic mass is 35.6. The predicted molar refractivity (Wildman–Crippen MR) is 75.5 cm³/mol. The van der Waals surface area contributed by atoms with E-state index in [2.05, 4.69) is 18.6 Å². The highest BCUT2D eigenvalue weighted by Crippen LogP contribution is 2.26. The molecular formula is C12H19Cl3O4. The minimum atomic E-state index is -1.63. The molecule has 7 heteroatoms. The fraction of sp³-hybridized carbons (Fsp3) is 0.833. The second-order valence-corrected chi connectivity index (χ2v) is 7.05. The van der Waals surface area contributed by atoms with Crippen molar-refractivity contribution in [1.29, 1.82) is 0 Å². The number of hydrogen-bond acceptors (Lipinski definition) is 4. The molecule has 0 radical (unpaired) electrons. The van der Waals surface area contributed by atoms with Crippen LogP contribution in [0.4, 0.5) is 0 Å². The van der Waals surface area contributed by atoms with Crippen LogP contribution in [0.1, 0.15) is 39.5 Å². The van der Waals surface area contributed by atoms with Crippen LogP contribution >= 0.6 is 34.8 Å². The molecule has 0 rings (SSSR count). The molecule has 0 saturated heterocycles.